The minimum atomic E-state index is -0.224. The number of carbonyl (C=O) groups excluding carboxylic acids is 1. The molecule has 0 saturated carbocycles. The SMILES string of the molecule is O=C(/C=C/c1cc2ccccc2o1)Nc1cccnc1. The molecule has 0 atom stereocenters. The number of hydrogen-bond donors (Lipinski definition) is 1. The van der Waals surface area contributed by atoms with Crippen molar-refractivity contribution >= 4 is 28.6 Å². The molecule has 0 aliphatic carbocycles. The predicted molar refractivity (Wildman–Crippen MR) is 78.1 cm³/mol. The van der Waals surface area contributed by atoms with Crippen LogP contribution in [0.4, 0.5) is 5.69 Å². The molecule has 98 valence electrons. The molecule has 0 fully saturated rings. The number of aromatic nitrogens is 1. The Kier molecular flexibility index (Phi) is 3.29. The van der Waals surface area contributed by atoms with E-state index in [-0.39, 0.29) is 5.91 Å². The molecule has 1 N–H and O–H groups in total. The fourth-order valence-electron chi connectivity index (χ4n) is 1.86. The topological polar surface area (TPSA) is 55.1 Å². The van der Waals surface area contributed by atoms with E-state index in [1.807, 2.05) is 30.3 Å². The molecule has 0 saturated heterocycles. The highest BCUT2D eigenvalue weighted by atomic mass is 16.3. The Morgan fingerprint density at radius 1 is 1.20 bits per heavy atom. The van der Waals surface area contributed by atoms with Crippen LogP contribution in [0.3, 0.4) is 0 Å². The van der Waals surface area contributed by atoms with Gasteiger partial charge in [-0.3, -0.25) is 9.78 Å². The van der Waals surface area contributed by atoms with Crippen LogP contribution in [0.1, 0.15) is 5.76 Å². The predicted octanol–water partition coefficient (Wildman–Crippen LogP) is 3.48. The van der Waals surface area contributed by atoms with Gasteiger partial charge in [-0.05, 0) is 30.3 Å². The molecule has 20 heavy (non-hydrogen) atoms. The van der Waals surface area contributed by atoms with Crippen molar-refractivity contribution in [3.63, 3.8) is 0 Å². The number of rotatable bonds is 3. The zero-order valence-corrected chi connectivity index (χ0v) is 10.6. The normalized spacial score (nSPS) is 11.0. The van der Waals surface area contributed by atoms with Crippen LogP contribution in [0.5, 0.6) is 0 Å². The number of carbonyl (C=O) groups is 1. The molecule has 2 heterocycles. The molecule has 4 nitrogen and oxygen atoms in total. The van der Waals surface area contributed by atoms with Gasteiger partial charge in [-0.15, -0.1) is 0 Å². The molecular weight excluding hydrogens is 252 g/mol. The lowest BCUT2D eigenvalue weighted by atomic mass is 10.2. The monoisotopic (exact) mass is 264 g/mol. The van der Waals surface area contributed by atoms with Gasteiger partial charge in [0.05, 0.1) is 11.9 Å². The Morgan fingerprint density at radius 2 is 2.10 bits per heavy atom. The molecule has 0 radical (unpaired) electrons. The summed E-state index contributed by atoms with van der Waals surface area (Å²) in [6.07, 6.45) is 6.32. The maximum absolute atomic E-state index is 11.7. The Bertz CT molecular complexity index is 727. The molecular formula is C16H12N2O2. The smallest absolute Gasteiger partial charge is 0.248 e. The van der Waals surface area contributed by atoms with Gasteiger partial charge in [0.2, 0.25) is 5.91 Å². The summed E-state index contributed by atoms with van der Waals surface area (Å²) in [6.45, 7) is 0. The van der Waals surface area contributed by atoms with Crippen LogP contribution in [0.15, 0.2) is 65.4 Å². The quantitative estimate of drug-likeness (QED) is 0.737. The van der Waals surface area contributed by atoms with E-state index in [1.54, 1.807) is 30.6 Å². The molecule has 0 bridgehead atoms. The average molecular weight is 264 g/mol. The van der Waals surface area contributed by atoms with Crippen LogP contribution in [0, 0.1) is 0 Å². The lowest BCUT2D eigenvalue weighted by molar-refractivity contribution is -0.111. The Hall–Kier alpha value is -2.88. The molecule has 4 heteroatoms. The number of amides is 1. The van der Waals surface area contributed by atoms with Gasteiger partial charge in [0, 0.05) is 17.7 Å². The highest BCUT2D eigenvalue weighted by Gasteiger charge is 2.01. The van der Waals surface area contributed by atoms with E-state index in [4.69, 9.17) is 4.42 Å². The van der Waals surface area contributed by atoms with Crippen molar-refractivity contribution < 1.29 is 9.21 Å². The Morgan fingerprint density at radius 3 is 2.90 bits per heavy atom. The molecule has 0 aliphatic heterocycles. The van der Waals surface area contributed by atoms with Crippen molar-refractivity contribution in [2.45, 2.75) is 0 Å². The lowest BCUT2D eigenvalue weighted by Crippen LogP contribution is -2.07. The Balaban J connectivity index is 1.72. The number of benzene rings is 1. The first-order valence-electron chi connectivity index (χ1n) is 6.19. The van der Waals surface area contributed by atoms with Gasteiger partial charge < -0.3 is 9.73 Å². The first-order chi connectivity index (χ1) is 9.81. The van der Waals surface area contributed by atoms with E-state index >= 15 is 0 Å². The van der Waals surface area contributed by atoms with E-state index in [0.29, 0.717) is 11.4 Å². The third-order valence-corrected chi connectivity index (χ3v) is 2.77. The second-order valence-electron chi connectivity index (χ2n) is 4.25. The van der Waals surface area contributed by atoms with Crippen molar-refractivity contribution in [3.05, 3.63) is 66.7 Å². The van der Waals surface area contributed by atoms with Gasteiger partial charge in [-0.2, -0.15) is 0 Å². The van der Waals surface area contributed by atoms with Gasteiger partial charge >= 0.3 is 0 Å². The second-order valence-corrected chi connectivity index (χ2v) is 4.25. The number of fused-ring (bicyclic) bond motifs is 1. The van der Waals surface area contributed by atoms with Crippen LogP contribution >= 0.6 is 0 Å². The largest absolute Gasteiger partial charge is 0.457 e. The minimum Gasteiger partial charge on any atom is -0.457 e. The van der Waals surface area contributed by atoms with Crippen molar-refractivity contribution in [3.8, 4) is 0 Å². The highest BCUT2D eigenvalue weighted by molar-refractivity contribution is 6.01. The zero-order chi connectivity index (χ0) is 13.8. The fourth-order valence-corrected chi connectivity index (χ4v) is 1.86. The van der Waals surface area contributed by atoms with Crippen molar-refractivity contribution in [1.82, 2.24) is 4.98 Å². The van der Waals surface area contributed by atoms with Gasteiger partial charge in [-0.1, -0.05) is 18.2 Å². The van der Waals surface area contributed by atoms with Gasteiger partial charge in [0.25, 0.3) is 0 Å². The lowest BCUT2D eigenvalue weighted by Gasteiger charge is -1.99. The third kappa shape index (κ3) is 2.75. The molecule has 0 spiro atoms. The molecule has 1 aromatic carbocycles. The molecule has 2 aromatic heterocycles. The summed E-state index contributed by atoms with van der Waals surface area (Å²) in [5.41, 5.74) is 1.46. The summed E-state index contributed by atoms with van der Waals surface area (Å²) in [5, 5.41) is 3.73. The summed E-state index contributed by atoms with van der Waals surface area (Å²) >= 11 is 0. The van der Waals surface area contributed by atoms with Crippen LogP contribution in [0.2, 0.25) is 0 Å². The number of para-hydroxylation sites is 1. The molecule has 1 amide bonds. The van der Waals surface area contributed by atoms with Crippen LogP contribution < -0.4 is 5.32 Å². The fraction of sp³-hybridized carbons (Fsp3) is 0. The van der Waals surface area contributed by atoms with Gasteiger partial charge in [-0.25, -0.2) is 0 Å². The standard InChI is InChI=1S/C16H12N2O2/c19-16(18-13-5-3-9-17-11-13)8-7-14-10-12-4-1-2-6-15(12)20-14/h1-11H,(H,18,19)/b8-7+. The van der Waals surface area contributed by atoms with E-state index in [9.17, 15) is 4.79 Å². The van der Waals surface area contributed by atoms with Crippen molar-refractivity contribution in [1.29, 1.82) is 0 Å². The van der Waals surface area contributed by atoms with E-state index < -0.39 is 0 Å². The maximum atomic E-state index is 11.7. The number of hydrogen-bond acceptors (Lipinski definition) is 3. The number of nitrogens with zero attached hydrogens (tertiary/aromatic N) is 1. The molecule has 0 aliphatic rings. The third-order valence-electron chi connectivity index (χ3n) is 2.77. The second kappa shape index (κ2) is 5.40. The number of pyridine rings is 1. The zero-order valence-electron chi connectivity index (χ0n) is 10.6. The van der Waals surface area contributed by atoms with E-state index in [1.165, 1.54) is 6.08 Å². The summed E-state index contributed by atoms with van der Waals surface area (Å²) in [5.74, 6) is 0.422. The first-order valence-corrected chi connectivity index (χ1v) is 6.19. The Labute approximate surface area is 115 Å². The average Bonchev–Trinajstić information content (AvgIpc) is 2.89. The van der Waals surface area contributed by atoms with Crippen molar-refractivity contribution in [2.75, 3.05) is 5.32 Å². The number of anilines is 1. The van der Waals surface area contributed by atoms with Crippen LogP contribution in [0.25, 0.3) is 17.0 Å². The number of nitrogens with one attached hydrogen (secondary N) is 1. The van der Waals surface area contributed by atoms with Crippen molar-refractivity contribution in [2.24, 2.45) is 0 Å². The van der Waals surface area contributed by atoms with Crippen LogP contribution in [-0.2, 0) is 4.79 Å². The van der Waals surface area contributed by atoms with Gasteiger partial charge in [0.1, 0.15) is 11.3 Å². The minimum absolute atomic E-state index is 0.224. The summed E-state index contributed by atoms with van der Waals surface area (Å²) < 4.78 is 5.59. The van der Waals surface area contributed by atoms with Gasteiger partial charge in [0.15, 0.2) is 0 Å². The maximum Gasteiger partial charge on any atom is 0.248 e. The summed E-state index contributed by atoms with van der Waals surface area (Å²) in [6, 6.07) is 13.1. The molecule has 3 aromatic rings. The highest BCUT2D eigenvalue weighted by Crippen LogP contribution is 2.19. The molecule has 0 unspecified atom stereocenters. The number of furan rings is 1. The molecule has 3 rings (SSSR count). The first kappa shape index (κ1) is 12.2. The van der Waals surface area contributed by atoms with Crippen LogP contribution in [-0.4, -0.2) is 10.9 Å². The summed E-state index contributed by atoms with van der Waals surface area (Å²) in [7, 11) is 0. The van der Waals surface area contributed by atoms with E-state index in [2.05, 4.69) is 10.3 Å². The summed E-state index contributed by atoms with van der Waals surface area (Å²) in [4.78, 5) is 15.7. The van der Waals surface area contributed by atoms with E-state index in [0.717, 1.165) is 11.0 Å².